The molecule has 0 amide bonds. The van der Waals surface area contributed by atoms with Crippen molar-refractivity contribution in [3.63, 3.8) is 0 Å². The molecule has 18 heavy (non-hydrogen) atoms. The highest BCUT2D eigenvalue weighted by molar-refractivity contribution is 5.40. The Morgan fingerprint density at radius 2 is 1.94 bits per heavy atom. The number of benzene rings is 1. The number of phenols is 1. The summed E-state index contributed by atoms with van der Waals surface area (Å²) in [6.07, 6.45) is 2.87. The van der Waals surface area contributed by atoms with E-state index >= 15 is 0 Å². The predicted octanol–water partition coefficient (Wildman–Crippen LogP) is 2.49. The van der Waals surface area contributed by atoms with Crippen molar-refractivity contribution < 1.29 is 9.84 Å². The van der Waals surface area contributed by atoms with Gasteiger partial charge in [0, 0.05) is 19.1 Å². The van der Waals surface area contributed by atoms with Gasteiger partial charge in [-0.25, -0.2) is 0 Å². The molecule has 0 radical (unpaired) electrons. The zero-order chi connectivity index (χ0) is 12.7. The molecule has 0 spiro atoms. The number of rotatable bonds is 1. The van der Waals surface area contributed by atoms with Crippen molar-refractivity contribution in [3.8, 4) is 5.75 Å². The van der Waals surface area contributed by atoms with E-state index in [1.165, 1.54) is 11.1 Å². The van der Waals surface area contributed by atoms with Gasteiger partial charge in [-0.3, -0.25) is 4.90 Å². The van der Waals surface area contributed by atoms with E-state index < -0.39 is 0 Å². The third-order valence-electron chi connectivity index (χ3n) is 4.06. The van der Waals surface area contributed by atoms with Crippen molar-refractivity contribution in [1.29, 1.82) is 0 Å². The van der Waals surface area contributed by atoms with Crippen LogP contribution in [0.25, 0.3) is 0 Å². The number of nitrogens with zero attached hydrogens (tertiary/aromatic N) is 1. The number of phenolic OH excluding ortho intramolecular Hbond substituents is 1. The number of ether oxygens (including phenoxy) is 1. The van der Waals surface area contributed by atoms with Crippen molar-refractivity contribution in [2.24, 2.45) is 0 Å². The highest BCUT2D eigenvalue weighted by Gasteiger charge is 2.32. The van der Waals surface area contributed by atoms with Crippen molar-refractivity contribution in [3.05, 3.63) is 29.3 Å². The van der Waals surface area contributed by atoms with E-state index in [0.29, 0.717) is 24.0 Å². The molecule has 1 fully saturated rings. The van der Waals surface area contributed by atoms with E-state index in [4.69, 9.17) is 4.74 Å². The lowest BCUT2D eigenvalue weighted by molar-refractivity contribution is -0.0807. The van der Waals surface area contributed by atoms with Crippen LogP contribution in [0, 0.1) is 0 Å². The number of fused-ring (bicyclic) bond motifs is 1. The van der Waals surface area contributed by atoms with Crippen molar-refractivity contribution in [2.45, 2.75) is 44.9 Å². The van der Waals surface area contributed by atoms with E-state index in [2.05, 4.69) is 24.8 Å². The summed E-state index contributed by atoms with van der Waals surface area (Å²) >= 11 is 0. The molecule has 3 heteroatoms. The zero-order valence-corrected chi connectivity index (χ0v) is 11.1. The summed E-state index contributed by atoms with van der Waals surface area (Å²) in [5.74, 6) is 0.387. The van der Waals surface area contributed by atoms with Gasteiger partial charge in [-0.2, -0.15) is 0 Å². The second kappa shape index (κ2) is 4.56. The summed E-state index contributed by atoms with van der Waals surface area (Å²) in [5, 5.41) is 9.54. The van der Waals surface area contributed by atoms with Crippen LogP contribution in [0.2, 0.25) is 0 Å². The lowest BCUT2D eigenvalue weighted by Gasteiger charge is -2.39. The molecule has 1 unspecified atom stereocenters. The summed E-state index contributed by atoms with van der Waals surface area (Å²) < 4.78 is 5.80. The highest BCUT2D eigenvalue weighted by Crippen LogP contribution is 2.38. The number of hydrogen-bond acceptors (Lipinski definition) is 3. The third kappa shape index (κ3) is 2.13. The molecule has 0 saturated carbocycles. The van der Waals surface area contributed by atoms with Gasteiger partial charge < -0.3 is 9.84 Å². The van der Waals surface area contributed by atoms with Crippen LogP contribution in [0.5, 0.6) is 5.75 Å². The first-order valence-corrected chi connectivity index (χ1v) is 6.85. The van der Waals surface area contributed by atoms with Gasteiger partial charge in [0.1, 0.15) is 5.75 Å². The van der Waals surface area contributed by atoms with Crippen LogP contribution in [0.3, 0.4) is 0 Å². The minimum atomic E-state index is 0.315. The summed E-state index contributed by atoms with van der Waals surface area (Å²) in [6, 6.07) is 6.33. The lowest BCUT2D eigenvalue weighted by atomic mass is 10.0. The molecule has 0 aromatic heterocycles. The van der Waals surface area contributed by atoms with Gasteiger partial charge in [-0.1, -0.05) is 6.07 Å². The number of morpholine rings is 1. The maximum Gasteiger partial charge on any atom is 0.115 e. The molecule has 1 aliphatic carbocycles. The van der Waals surface area contributed by atoms with E-state index in [-0.39, 0.29) is 0 Å². The summed E-state index contributed by atoms with van der Waals surface area (Å²) in [4.78, 5) is 2.54. The monoisotopic (exact) mass is 247 g/mol. The van der Waals surface area contributed by atoms with Crippen molar-refractivity contribution in [1.82, 2.24) is 4.90 Å². The Hall–Kier alpha value is -1.06. The zero-order valence-electron chi connectivity index (χ0n) is 11.1. The topological polar surface area (TPSA) is 32.7 Å². The van der Waals surface area contributed by atoms with Gasteiger partial charge in [-0.15, -0.1) is 0 Å². The van der Waals surface area contributed by atoms with Crippen LogP contribution in [0.15, 0.2) is 18.2 Å². The van der Waals surface area contributed by atoms with Crippen molar-refractivity contribution in [2.75, 3.05) is 13.1 Å². The fraction of sp³-hybridized carbons (Fsp3) is 0.600. The third-order valence-corrected chi connectivity index (χ3v) is 4.06. The summed E-state index contributed by atoms with van der Waals surface area (Å²) in [5.41, 5.74) is 2.71. The van der Waals surface area contributed by atoms with E-state index in [1.807, 2.05) is 12.1 Å². The number of aryl methyl sites for hydroxylation is 1. The van der Waals surface area contributed by atoms with Crippen molar-refractivity contribution >= 4 is 0 Å². The summed E-state index contributed by atoms with van der Waals surface area (Å²) in [7, 11) is 0. The number of hydrogen-bond donors (Lipinski definition) is 1. The molecule has 1 saturated heterocycles. The average molecular weight is 247 g/mol. The Bertz CT molecular complexity index is 436. The van der Waals surface area contributed by atoms with Gasteiger partial charge in [0.15, 0.2) is 0 Å². The molecule has 98 valence electrons. The quantitative estimate of drug-likeness (QED) is 0.827. The summed E-state index contributed by atoms with van der Waals surface area (Å²) in [6.45, 7) is 6.31. The van der Waals surface area contributed by atoms with Gasteiger partial charge in [0.25, 0.3) is 0 Å². The fourth-order valence-corrected chi connectivity index (χ4v) is 3.43. The predicted molar refractivity (Wildman–Crippen MR) is 70.8 cm³/mol. The maximum atomic E-state index is 9.54. The fourth-order valence-electron chi connectivity index (χ4n) is 3.43. The molecule has 3 rings (SSSR count). The van der Waals surface area contributed by atoms with Crippen LogP contribution in [0.1, 0.15) is 37.4 Å². The maximum absolute atomic E-state index is 9.54. The average Bonchev–Trinajstić information content (AvgIpc) is 2.70. The van der Waals surface area contributed by atoms with Crippen LogP contribution in [-0.4, -0.2) is 35.3 Å². The molecule has 3 atom stereocenters. The minimum absolute atomic E-state index is 0.315. The Labute approximate surface area is 108 Å². The Balaban J connectivity index is 1.83. The highest BCUT2D eigenvalue weighted by atomic mass is 16.5. The molecule has 3 nitrogen and oxygen atoms in total. The smallest absolute Gasteiger partial charge is 0.115 e. The molecule has 1 aliphatic heterocycles. The molecular weight excluding hydrogens is 226 g/mol. The second-order valence-electron chi connectivity index (χ2n) is 5.65. The molecular formula is C15H21NO2. The first-order valence-electron chi connectivity index (χ1n) is 6.85. The Morgan fingerprint density at radius 3 is 2.67 bits per heavy atom. The second-order valence-corrected chi connectivity index (χ2v) is 5.65. The van der Waals surface area contributed by atoms with Crippen LogP contribution < -0.4 is 0 Å². The molecule has 1 aromatic rings. The van der Waals surface area contributed by atoms with Crippen LogP contribution >= 0.6 is 0 Å². The number of aromatic hydroxyl groups is 1. The Morgan fingerprint density at radius 1 is 1.22 bits per heavy atom. The van der Waals surface area contributed by atoms with Gasteiger partial charge in [0.2, 0.25) is 0 Å². The van der Waals surface area contributed by atoms with Gasteiger partial charge >= 0.3 is 0 Å². The van der Waals surface area contributed by atoms with Crippen LogP contribution in [0.4, 0.5) is 0 Å². The minimum Gasteiger partial charge on any atom is -0.508 e. The van der Waals surface area contributed by atoms with E-state index in [0.717, 1.165) is 25.9 Å². The molecule has 1 heterocycles. The van der Waals surface area contributed by atoms with Crippen LogP contribution in [-0.2, 0) is 11.2 Å². The standard InChI is InChI=1S/C15H21NO2/c1-10-8-16(9-11(2)18-10)15-6-3-12-7-13(17)4-5-14(12)15/h4-5,7,10-11,15,17H,3,6,8-9H2,1-2H3/t10-,11+,15?. The SMILES string of the molecule is C[C@@H]1CN(C2CCc3cc(O)ccc32)C[C@H](C)O1. The van der Waals surface area contributed by atoms with E-state index in [1.54, 1.807) is 0 Å². The molecule has 2 aliphatic rings. The molecule has 1 aromatic carbocycles. The van der Waals surface area contributed by atoms with E-state index in [9.17, 15) is 5.11 Å². The molecule has 0 bridgehead atoms. The molecule has 1 N–H and O–H groups in total. The normalized spacial score (nSPS) is 32.4. The lowest BCUT2D eigenvalue weighted by Crippen LogP contribution is -2.46. The first kappa shape index (κ1) is 12.0. The first-order chi connectivity index (χ1) is 8.63. The Kier molecular flexibility index (Phi) is 3.04. The van der Waals surface area contributed by atoms with Gasteiger partial charge in [-0.05, 0) is 49.9 Å². The van der Waals surface area contributed by atoms with Gasteiger partial charge in [0.05, 0.1) is 12.2 Å². The largest absolute Gasteiger partial charge is 0.508 e.